The van der Waals surface area contributed by atoms with E-state index in [0.717, 1.165) is 24.8 Å². The summed E-state index contributed by atoms with van der Waals surface area (Å²) >= 11 is 0. The van der Waals surface area contributed by atoms with E-state index in [9.17, 15) is 8.42 Å². The Labute approximate surface area is 86.5 Å². The van der Waals surface area contributed by atoms with Gasteiger partial charge in [0, 0.05) is 6.54 Å². The van der Waals surface area contributed by atoms with Gasteiger partial charge in [0.05, 0.1) is 11.0 Å². The minimum absolute atomic E-state index is 0.169. The van der Waals surface area contributed by atoms with E-state index in [1.807, 2.05) is 7.05 Å². The lowest BCUT2D eigenvalue weighted by molar-refractivity contribution is 0.535. The van der Waals surface area contributed by atoms with Crippen LogP contribution in [-0.4, -0.2) is 33.0 Å². The normalized spacial score (nSPS) is 25.9. The van der Waals surface area contributed by atoms with E-state index < -0.39 is 9.84 Å². The van der Waals surface area contributed by atoms with Crippen molar-refractivity contribution in [3.63, 3.8) is 0 Å². The van der Waals surface area contributed by atoms with Crippen LogP contribution in [0.3, 0.4) is 0 Å². The Hall–Kier alpha value is -0.350. The summed E-state index contributed by atoms with van der Waals surface area (Å²) in [5.41, 5.74) is 0.989. The zero-order valence-electron chi connectivity index (χ0n) is 8.75. The Morgan fingerprint density at radius 3 is 2.79 bits per heavy atom. The van der Waals surface area contributed by atoms with Crippen molar-refractivity contribution >= 4 is 9.84 Å². The van der Waals surface area contributed by atoms with Gasteiger partial charge in [-0.15, -0.1) is 0 Å². The van der Waals surface area contributed by atoms with Gasteiger partial charge in [-0.1, -0.05) is 18.6 Å². The summed E-state index contributed by atoms with van der Waals surface area (Å²) in [5, 5.41) is 2.82. The second-order valence-corrected chi connectivity index (χ2v) is 6.37. The lowest BCUT2D eigenvalue weighted by atomic mass is 10.1. The Bertz CT molecular complexity index is 295. The Morgan fingerprint density at radius 1 is 1.50 bits per heavy atom. The standard InChI is InChI=1S/C10H19NO2S/c1-9(8-11-2)7-10-5-3-4-6-14(10,12)13/h10-11H,1,3-8H2,2H3. The predicted octanol–water partition coefficient (Wildman–Crippen LogP) is 1.12. The molecule has 3 nitrogen and oxygen atoms in total. The summed E-state index contributed by atoms with van der Waals surface area (Å²) in [4.78, 5) is 0. The number of sulfone groups is 1. The molecule has 1 aliphatic heterocycles. The molecule has 1 saturated heterocycles. The maximum atomic E-state index is 11.7. The van der Waals surface area contributed by atoms with Crippen molar-refractivity contribution in [3.05, 3.63) is 12.2 Å². The number of hydrogen-bond acceptors (Lipinski definition) is 3. The highest BCUT2D eigenvalue weighted by Gasteiger charge is 2.28. The van der Waals surface area contributed by atoms with Gasteiger partial charge in [-0.05, 0) is 26.3 Å². The minimum Gasteiger partial charge on any atom is -0.316 e. The molecular formula is C10H19NO2S. The molecule has 0 saturated carbocycles. The van der Waals surface area contributed by atoms with Crippen molar-refractivity contribution in [1.29, 1.82) is 0 Å². The van der Waals surface area contributed by atoms with Crippen molar-refractivity contribution < 1.29 is 8.42 Å². The van der Waals surface area contributed by atoms with E-state index in [0.29, 0.717) is 18.7 Å². The summed E-state index contributed by atoms with van der Waals surface area (Å²) in [6.45, 7) is 4.59. The van der Waals surface area contributed by atoms with Crippen LogP contribution in [0.4, 0.5) is 0 Å². The van der Waals surface area contributed by atoms with E-state index in [4.69, 9.17) is 0 Å². The molecule has 0 aliphatic carbocycles. The van der Waals surface area contributed by atoms with Crippen LogP contribution < -0.4 is 5.32 Å². The van der Waals surface area contributed by atoms with Crippen molar-refractivity contribution in [1.82, 2.24) is 5.32 Å². The number of likely N-dealkylation sites (N-methyl/N-ethyl adjacent to an activating group) is 1. The topological polar surface area (TPSA) is 46.2 Å². The first-order valence-electron chi connectivity index (χ1n) is 5.09. The summed E-state index contributed by atoms with van der Waals surface area (Å²) < 4.78 is 23.3. The van der Waals surface area contributed by atoms with Crippen LogP contribution in [0, 0.1) is 0 Å². The van der Waals surface area contributed by atoms with Crippen molar-refractivity contribution in [2.75, 3.05) is 19.3 Å². The molecule has 1 fully saturated rings. The average molecular weight is 217 g/mol. The highest BCUT2D eigenvalue weighted by Crippen LogP contribution is 2.24. The lowest BCUT2D eigenvalue weighted by Crippen LogP contribution is -2.29. The fourth-order valence-corrected chi connectivity index (χ4v) is 3.85. The molecule has 14 heavy (non-hydrogen) atoms. The fourth-order valence-electron chi connectivity index (χ4n) is 1.89. The third kappa shape index (κ3) is 3.10. The molecule has 1 heterocycles. The predicted molar refractivity (Wildman–Crippen MR) is 59.1 cm³/mol. The summed E-state index contributed by atoms with van der Waals surface area (Å²) in [6.07, 6.45) is 3.31. The number of rotatable bonds is 4. The summed E-state index contributed by atoms with van der Waals surface area (Å²) in [6, 6.07) is 0. The zero-order chi connectivity index (χ0) is 10.6. The molecular weight excluding hydrogens is 198 g/mol. The van der Waals surface area contributed by atoms with Crippen molar-refractivity contribution in [3.8, 4) is 0 Å². The van der Waals surface area contributed by atoms with E-state index >= 15 is 0 Å². The second-order valence-electron chi connectivity index (χ2n) is 3.97. The van der Waals surface area contributed by atoms with Crippen LogP contribution in [0.25, 0.3) is 0 Å². The van der Waals surface area contributed by atoms with Crippen molar-refractivity contribution in [2.45, 2.75) is 30.9 Å². The molecule has 4 heteroatoms. The van der Waals surface area contributed by atoms with Crippen LogP contribution in [0.1, 0.15) is 25.7 Å². The van der Waals surface area contributed by atoms with E-state index in [2.05, 4.69) is 11.9 Å². The third-order valence-corrected chi connectivity index (χ3v) is 4.93. The first-order valence-corrected chi connectivity index (χ1v) is 6.80. The van der Waals surface area contributed by atoms with Gasteiger partial charge in [0.1, 0.15) is 0 Å². The molecule has 1 unspecified atom stereocenters. The van der Waals surface area contributed by atoms with Gasteiger partial charge in [0.25, 0.3) is 0 Å². The highest BCUT2D eigenvalue weighted by molar-refractivity contribution is 7.92. The Balaban J connectivity index is 2.54. The molecule has 0 aromatic carbocycles. The quantitative estimate of drug-likeness (QED) is 0.718. The molecule has 1 aliphatic rings. The van der Waals surface area contributed by atoms with Crippen LogP contribution >= 0.6 is 0 Å². The van der Waals surface area contributed by atoms with E-state index in [-0.39, 0.29) is 5.25 Å². The van der Waals surface area contributed by atoms with Crippen LogP contribution in [0.15, 0.2) is 12.2 Å². The molecule has 1 rings (SSSR count). The zero-order valence-corrected chi connectivity index (χ0v) is 9.57. The van der Waals surface area contributed by atoms with Crippen molar-refractivity contribution in [2.24, 2.45) is 0 Å². The molecule has 0 aromatic rings. The molecule has 1 atom stereocenters. The smallest absolute Gasteiger partial charge is 0.153 e. The molecule has 1 N–H and O–H groups in total. The van der Waals surface area contributed by atoms with Gasteiger partial charge in [-0.25, -0.2) is 8.42 Å². The van der Waals surface area contributed by atoms with Gasteiger partial charge >= 0.3 is 0 Å². The fraction of sp³-hybridized carbons (Fsp3) is 0.800. The van der Waals surface area contributed by atoms with Crippen LogP contribution in [0.2, 0.25) is 0 Å². The number of nitrogens with one attached hydrogen (secondary N) is 1. The van der Waals surface area contributed by atoms with Gasteiger partial charge in [0.15, 0.2) is 9.84 Å². The Kier molecular flexibility index (Phi) is 4.13. The third-order valence-electron chi connectivity index (χ3n) is 2.66. The van der Waals surface area contributed by atoms with Gasteiger partial charge in [0.2, 0.25) is 0 Å². The maximum absolute atomic E-state index is 11.7. The molecule has 0 radical (unpaired) electrons. The van der Waals surface area contributed by atoms with Gasteiger partial charge in [-0.3, -0.25) is 0 Å². The molecule has 0 aromatic heterocycles. The summed E-state index contributed by atoms with van der Waals surface area (Å²) in [5.74, 6) is 0.366. The molecule has 0 amide bonds. The molecule has 0 spiro atoms. The lowest BCUT2D eigenvalue weighted by Gasteiger charge is -2.22. The first kappa shape index (κ1) is 11.7. The largest absolute Gasteiger partial charge is 0.316 e. The molecule has 0 bridgehead atoms. The first-order chi connectivity index (χ1) is 6.56. The SMILES string of the molecule is C=C(CNC)CC1CCCCS1(=O)=O. The number of hydrogen-bond donors (Lipinski definition) is 1. The maximum Gasteiger partial charge on any atom is 0.153 e. The second kappa shape index (κ2) is 4.94. The van der Waals surface area contributed by atoms with E-state index in [1.54, 1.807) is 0 Å². The van der Waals surface area contributed by atoms with Gasteiger partial charge in [-0.2, -0.15) is 0 Å². The molecule has 82 valence electrons. The minimum atomic E-state index is -2.83. The summed E-state index contributed by atoms with van der Waals surface area (Å²) in [7, 11) is -0.978. The van der Waals surface area contributed by atoms with Gasteiger partial charge < -0.3 is 5.32 Å². The average Bonchev–Trinajstić information content (AvgIpc) is 2.09. The van der Waals surface area contributed by atoms with Crippen LogP contribution in [0.5, 0.6) is 0 Å². The van der Waals surface area contributed by atoms with E-state index in [1.165, 1.54) is 0 Å². The monoisotopic (exact) mass is 217 g/mol. The van der Waals surface area contributed by atoms with Crippen LogP contribution in [-0.2, 0) is 9.84 Å². The highest BCUT2D eigenvalue weighted by atomic mass is 32.2. The Morgan fingerprint density at radius 2 is 2.21 bits per heavy atom.